The Labute approximate surface area is 123 Å². The van der Waals surface area contributed by atoms with Crippen molar-refractivity contribution in [2.45, 2.75) is 6.43 Å². The summed E-state index contributed by atoms with van der Waals surface area (Å²) in [5.41, 5.74) is 0.503. The number of nitrogens with one attached hydrogen (secondary N) is 2. The van der Waals surface area contributed by atoms with Crippen molar-refractivity contribution in [1.29, 1.82) is 5.41 Å². The summed E-state index contributed by atoms with van der Waals surface area (Å²) >= 11 is 11.6. The number of hydrogen-bond acceptors (Lipinski definition) is 3. The van der Waals surface area contributed by atoms with E-state index in [4.69, 9.17) is 28.6 Å². The van der Waals surface area contributed by atoms with Gasteiger partial charge in [0.25, 0.3) is 6.43 Å². The maximum Gasteiger partial charge on any atom is 0.279 e. The lowest BCUT2D eigenvalue weighted by atomic mass is 10.2. The van der Waals surface area contributed by atoms with Crippen LogP contribution < -0.4 is 0 Å². The number of aromatic nitrogens is 3. The summed E-state index contributed by atoms with van der Waals surface area (Å²) in [5, 5.41) is 7.47. The maximum absolute atomic E-state index is 12.1. The molecule has 0 radical (unpaired) electrons. The molecule has 0 atom stereocenters. The number of pyridine rings is 1. The number of aromatic amines is 1. The maximum atomic E-state index is 12.1. The van der Waals surface area contributed by atoms with Crippen LogP contribution in [0.25, 0.3) is 17.3 Å². The van der Waals surface area contributed by atoms with Crippen LogP contribution in [0.4, 0.5) is 8.78 Å². The van der Waals surface area contributed by atoms with Crippen LogP contribution in [0.2, 0.25) is 10.3 Å². The molecule has 0 unspecified atom stereocenters. The predicted molar refractivity (Wildman–Crippen MR) is 74.6 cm³/mol. The number of H-pyrrole nitrogens is 1. The Morgan fingerprint density at radius 3 is 2.55 bits per heavy atom. The molecule has 0 saturated heterocycles. The first-order valence-corrected chi connectivity index (χ1v) is 6.14. The highest BCUT2D eigenvalue weighted by atomic mass is 35.5. The third-order valence-corrected chi connectivity index (χ3v) is 2.71. The van der Waals surface area contributed by atoms with E-state index < -0.39 is 12.1 Å². The van der Waals surface area contributed by atoms with E-state index in [2.05, 4.69) is 15.0 Å². The van der Waals surface area contributed by atoms with Gasteiger partial charge in [-0.15, -0.1) is 0 Å². The van der Waals surface area contributed by atoms with Gasteiger partial charge >= 0.3 is 0 Å². The molecule has 0 aliphatic heterocycles. The van der Waals surface area contributed by atoms with E-state index in [1.807, 2.05) is 0 Å². The first-order valence-electron chi connectivity index (χ1n) is 5.39. The van der Waals surface area contributed by atoms with Crippen LogP contribution in [-0.4, -0.2) is 27.1 Å². The van der Waals surface area contributed by atoms with Gasteiger partial charge in [0.1, 0.15) is 16.1 Å². The Kier molecular flexibility index (Phi) is 4.46. The molecule has 2 aromatic rings. The Balaban J connectivity index is 2.23. The van der Waals surface area contributed by atoms with Gasteiger partial charge in [0.15, 0.2) is 0 Å². The number of alkyl halides is 2. The lowest BCUT2D eigenvalue weighted by molar-refractivity contribution is 0.226. The molecule has 0 fully saturated rings. The Morgan fingerprint density at radius 1 is 1.30 bits per heavy atom. The molecule has 2 aromatic heterocycles. The van der Waals surface area contributed by atoms with E-state index >= 15 is 0 Å². The second-order valence-electron chi connectivity index (χ2n) is 3.77. The molecule has 2 rings (SSSR count). The van der Waals surface area contributed by atoms with Gasteiger partial charge < -0.3 is 4.98 Å². The third kappa shape index (κ3) is 3.61. The average molecular weight is 317 g/mol. The molecule has 0 spiro atoms. The highest BCUT2D eigenvalue weighted by molar-refractivity contribution is 6.32. The number of halogens is 4. The molecular weight excluding hydrogens is 309 g/mol. The Hall–Kier alpha value is -1.79. The summed E-state index contributed by atoms with van der Waals surface area (Å²) < 4.78 is 24.3. The quantitative estimate of drug-likeness (QED) is 0.659. The predicted octanol–water partition coefficient (Wildman–Crippen LogP) is 4.08. The van der Waals surface area contributed by atoms with Gasteiger partial charge in [-0.3, -0.25) is 5.41 Å². The summed E-state index contributed by atoms with van der Waals surface area (Å²) in [6, 6.07) is 3.19. The Morgan fingerprint density at radius 2 is 1.95 bits per heavy atom. The van der Waals surface area contributed by atoms with Gasteiger partial charge in [-0.05, 0) is 24.3 Å². The first kappa shape index (κ1) is 14.6. The molecule has 0 saturated carbocycles. The van der Waals surface area contributed by atoms with E-state index in [1.54, 1.807) is 12.1 Å². The minimum Gasteiger partial charge on any atom is -0.338 e. The van der Waals surface area contributed by atoms with Crippen LogP contribution in [-0.2, 0) is 0 Å². The van der Waals surface area contributed by atoms with E-state index in [1.165, 1.54) is 12.3 Å². The molecule has 20 heavy (non-hydrogen) atoms. The third-order valence-electron chi connectivity index (χ3n) is 2.33. The van der Waals surface area contributed by atoms with Crippen molar-refractivity contribution in [3.8, 4) is 11.3 Å². The molecule has 0 bridgehead atoms. The van der Waals surface area contributed by atoms with Crippen molar-refractivity contribution < 1.29 is 8.78 Å². The fourth-order valence-corrected chi connectivity index (χ4v) is 1.89. The van der Waals surface area contributed by atoms with E-state index in [0.717, 1.165) is 6.08 Å². The topological polar surface area (TPSA) is 65.4 Å². The fraction of sp³-hybridized carbons (Fsp3) is 0.0833. The van der Waals surface area contributed by atoms with Gasteiger partial charge in [-0.25, -0.2) is 18.7 Å². The highest BCUT2D eigenvalue weighted by Gasteiger charge is 2.08. The van der Waals surface area contributed by atoms with Crippen LogP contribution >= 0.6 is 23.2 Å². The van der Waals surface area contributed by atoms with Crippen molar-refractivity contribution in [2.24, 2.45) is 0 Å². The fourth-order valence-electron chi connectivity index (χ4n) is 1.43. The van der Waals surface area contributed by atoms with Crippen LogP contribution in [0.5, 0.6) is 0 Å². The zero-order valence-corrected chi connectivity index (χ0v) is 11.4. The van der Waals surface area contributed by atoms with Crippen LogP contribution in [0.15, 0.2) is 24.4 Å². The molecule has 2 N–H and O–H groups in total. The summed E-state index contributed by atoms with van der Waals surface area (Å²) in [4.78, 5) is 10.7. The van der Waals surface area contributed by atoms with Gasteiger partial charge in [-0.2, -0.15) is 0 Å². The zero-order chi connectivity index (χ0) is 14.7. The summed E-state index contributed by atoms with van der Waals surface area (Å²) in [7, 11) is 0. The van der Waals surface area contributed by atoms with Gasteiger partial charge in [0.05, 0.1) is 17.6 Å². The van der Waals surface area contributed by atoms with Crippen molar-refractivity contribution in [3.05, 3.63) is 40.5 Å². The molecule has 0 aromatic carbocycles. The summed E-state index contributed by atoms with van der Waals surface area (Å²) in [5.74, 6) is 0.342. The number of nitrogens with zero attached hydrogens (tertiary/aromatic N) is 2. The summed E-state index contributed by atoms with van der Waals surface area (Å²) in [6.07, 6.45) is 0.981. The van der Waals surface area contributed by atoms with Crippen LogP contribution in [0, 0.1) is 5.41 Å². The minimum absolute atomic E-state index is 0.235. The lowest BCUT2D eigenvalue weighted by Gasteiger charge is -1.99. The summed E-state index contributed by atoms with van der Waals surface area (Å²) in [6.45, 7) is 0. The molecule has 2 heterocycles. The van der Waals surface area contributed by atoms with Gasteiger partial charge in [0.2, 0.25) is 0 Å². The normalized spacial score (nSPS) is 11.4. The smallest absolute Gasteiger partial charge is 0.279 e. The number of allylic oxidation sites excluding steroid dienone is 1. The second-order valence-corrected chi connectivity index (χ2v) is 4.55. The van der Waals surface area contributed by atoms with E-state index in [-0.39, 0.29) is 10.3 Å². The van der Waals surface area contributed by atoms with Gasteiger partial charge in [-0.1, -0.05) is 23.2 Å². The monoisotopic (exact) mass is 316 g/mol. The lowest BCUT2D eigenvalue weighted by Crippen LogP contribution is -2.03. The van der Waals surface area contributed by atoms with Gasteiger partial charge in [0, 0.05) is 5.56 Å². The molecular formula is C12H8Cl2F2N4. The van der Waals surface area contributed by atoms with Crippen molar-refractivity contribution in [1.82, 2.24) is 15.0 Å². The SMILES string of the molecule is N=C(/C=C\c1ncc(-c2cc(Cl)nc(Cl)c2)[nH]1)C(F)F. The molecule has 4 nitrogen and oxygen atoms in total. The number of imidazole rings is 1. The molecule has 0 aliphatic carbocycles. The van der Waals surface area contributed by atoms with Crippen molar-refractivity contribution >= 4 is 35.0 Å². The molecule has 104 valence electrons. The average Bonchev–Trinajstić information content (AvgIpc) is 2.83. The second kappa shape index (κ2) is 6.11. The first-order chi connectivity index (χ1) is 9.45. The number of hydrogen-bond donors (Lipinski definition) is 2. The minimum atomic E-state index is -2.81. The largest absolute Gasteiger partial charge is 0.338 e. The standard InChI is InChI=1S/C12H8Cl2F2N4/c13-9-3-6(4-10(14)20-9)8-5-18-11(19-8)2-1-7(17)12(15)16/h1-5,12,17H,(H,18,19)/b2-1-,17-7?. The highest BCUT2D eigenvalue weighted by Crippen LogP contribution is 2.23. The Bertz CT molecular complexity index is 647. The van der Waals surface area contributed by atoms with Crippen LogP contribution in [0.1, 0.15) is 5.82 Å². The van der Waals surface area contributed by atoms with E-state index in [9.17, 15) is 8.78 Å². The van der Waals surface area contributed by atoms with E-state index in [0.29, 0.717) is 17.1 Å². The molecule has 0 aliphatic rings. The van der Waals surface area contributed by atoms with Crippen molar-refractivity contribution in [3.63, 3.8) is 0 Å². The zero-order valence-electron chi connectivity index (χ0n) is 9.87. The molecule has 8 heteroatoms. The van der Waals surface area contributed by atoms with Crippen molar-refractivity contribution in [2.75, 3.05) is 0 Å². The molecule has 0 amide bonds. The van der Waals surface area contributed by atoms with Crippen LogP contribution in [0.3, 0.4) is 0 Å². The number of rotatable bonds is 4.